The Hall–Kier alpha value is -1.50. The van der Waals surface area contributed by atoms with E-state index in [4.69, 9.17) is 0 Å². The average molecular weight is 322 g/mol. The summed E-state index contributed by atoms with van der Waals surface area (Å²) in [7, 11) is 0. The minimum absolute atomic E-state index is 0.858. The number of fused-ring (bicyclic) bond motifs is 1. The van der Waals surface area contributed by atoms with E-state index in [0.717, 1.165) is 20.6 Å². The van der Waals surface area contributed by atoms with Crippen LogP contribution in [-0.4, -0.2) is 19.6 Å². The molecule has 3 heterocycles. The Balaban J connectivity index is 2.22. The van der Waals surface area contributed by atoms with E-state index in [0.29, 0.717) is 0 Å². The van der Waals surface area contributed by atoms with Crippen molar-refractivity contribution in [3.05, 3.63) is 46.6 Å². The molecule has 5 heteroatoms. The predicted molar refractivity (Wildman–Crippen MR) is 68.9 cm³/mol. The van der Waals surface area contributed by atoms with E-state index in [9.17, 15) is 0 Å². The van der Waals surface area contributed by atoms with Gasteiger partial charge < -0.3 is 0 Å². The van der Waals surface area contributed by atoms with Gasteiger partial charge in [0.1, 0.15) is 3.70 Å². The molecule has 0 saturated carbocycles. The summed E-state index contributed by atoms with van der Waals surface area (Å²) >= 11 is 2.21. The second kappa shape index (κ2) is 3.82. The van der Waals surface area contributed by atoms with Crippen LogP contribution in [0.4, 0.5) is 0 Å². The second-order valence-corrected chi connectivity index (χ2v) is 4.42. The molecule has 0 spiro atoms. The summed E-state index contributed by atoms with van der Waals surface area (Å²) in [6.07, 6.45) is 5.36. The van der Waals surface area contributed by atoms with Gasteiger partial charge in [-0.05, 0) is 46.9 Å². The van der Waals surface area contributed by atoms with Crippen LogP contribution in [0.3, 0.4) is 0 Å². The Labute approximate surface area is 105 Å². The molecule has 0 amide bonds. The van der Waals surface area contributed by atoms with E-state index in [2.05, 4.69) is 37.7 Å². The molecule has 3 aromatic rings. The molecule has 0 bridgehead atoms. The largest absolute Gasteiger partial charge is 0.264 e. The second-order valence-electron chi connectivity index (χ2n) is 3.31. The first kappa shape index (κ1) is 9.71. The smallest absolute Gasteiger partial charge is 0.154 e. The molecule has 3 rings (SSSR count). The minimum Gasteiger partial charge on any atom is -0.264 e. The first-order chi connectivity index (χ1) is 7.84. The van der Waals surface area contributed by atoms with Gasteiger partial charge in [-0.1, -0.05) is 0 Å². The zero-order valence-corrected chi connectivity index (χ0v) is 10.4. The SMILES string of the molecule is Ic1cnc2ccc(-c3cccnc3)nn12. The van der Waals surface area contributed by atoms with Gasteiger partial charge >= 0.3 is 0 Å². The summed E-state index contributed by atoms with van der Waals surface area (Å²) in [5.74, 6) is 0. The van der Waals surface area contributed by atoms with Crippen LogP contribution in [0.25, 0.3) is 16.9 Å². The Morgan fingerprint density at radius 2 is 2.06 bits per heavy atom. The van der Waals surface area contributed by atoms with Gasteiger partial charge in [0.05, 0.1) is 11.9 Å². The van der Waals surface area contributed by atoms with E-state index in [1.54, 1.807) is 18.6 Å². The van der Waals surface area contributed by atoms with Crippen LogP contribution in [0, 0.1) is 3.70 Å². The minimum atomic E-state index is 0.858. The van der Waals surface area contributed by atoms with Crippen LogP contribution >= 0.6 is 22.6 Å². The molecule has 16 heavy (non-hydrogen) atoms. The standard InChI is InChI=1S/C11H7IN4/c12-10-7-14-11-4-3-9(15-16(10)11)8-2-1-5-13-6-8/h1-7H. The van der Waals surface area contributed by atoms with E-state index >= 15 is 0 Å². The average Bonchev–Trinajstić information content (AvgIpc) is 2.72. The Morgan fingerprint density at radius 3 is 2.88 bits per heavy atom. The highest BCUT2D eigenvalue weighted by atomic mass is 127. The maximum atomic E-state index is 4.51. The van der Waals surface area contributed by atoms with Crippen molar-refractivity contribution in [3.63, 3.8) is 0 Å². The summed E-state index contributed by atoms with van der Waals surface area (Å²) in [5.41, 5.74) is 2.77. The molecular weight excluding hydrogens is 315 g/mol. The lowest BCUT2D eigenvalue weighted by molar-refractivity contribution is 0.919. The van der Waals surface area contributed by atoms with E-state index in [1.165, 1.54) is 0 Å². The molecular formula is C11H7IN4. The van der Waals surface area contributed by atoms with Crippen molar-refractivity contribution < 1.29 is 0 Å². The van der Waals surface area contributed by atoms with Crippen LogP contribution in [0.5, 0.6) is 0 Å². The molecule has 0 aliphatic carbocycles. The molecule has 0 radical (unpaired) electrons. The molecule has 0 N–H and O–H groups in total. The van der Waals surface area contributed by atoms with Crippen LogP contribution in [-0.2, 0) is 0 Å². The molecule has 0 fully saturated rings. The number of pyridine rings is 1. The summed E-state index contributed by atoms with van der Waals surface area (Å²) < 4.78 is 2.82. The highest BCUT2D eigenvalue weighted by molar-refractivity contribution is 14.1. The molecule has 0 saturated heterocycles. The number of hydrogen-bond donors (Lipinski definition) is 0. The number of halogens is 1. The fraction of sp³-hybridized carbons (Fsp3) is 0. The lowest BCUT2D eigenvalue weighted by atomic mass is 10.2. The van der Waals surface area contributed by atoms with Crippen LogP contribution in [0.1, 0.15) is 0 Å². The topological polar surface area (TPSA) is 43.1 Å². The van der Waals surface area contributed by atoms with Gasteiger partial charge in [-0.15, -0.1) is 0 Å². The summed E-state index contributed by atoms with van der Waals surface area (Å²) in [6, 6.07) is 7.80. The third-order valence-electron chi connectivity index (χ3n) is 2.28. The number of aromatic nitrogens is 4. The van der Waals surface area contributed by atoms with Crippen molar-refractivity contribution in [2.24, 2.45) is 0 Å². The third kappa shape index (κ3) is 1.57. The quantitative estimate of drug-likeness (QED) is 0.646. The molecule has 0 aliphatic rings. The number of rotatable bonds is 1. The molecule has 0 unspecified atom stereocenters. The van der Waals surface area contributed by atoms with Crippen LogP contribution in [0.2, 0.25) is 0 Å². The Kier molecular flexibility index (Phi) is 2.32. The zero-order valence-electron chi connectivity index (χ0n) is 8.21. The lowest BCUT2D eigenvalue weighted by Gasteiger charge is -2.00. The highest BCUT2D eigenvalue weighted by Crippen LogP contribution is 2.16. The molecule has 78 valence electrons. The van der Waals surface area contributed by atoms with Crippen LogP contribution in [0.15, 0.2) is 42.9 Å². The number of imidazole rings is 1. The van der Waals surface area contributed by atoms with Gasteiger partial charge in [0.2, 0.25) is 0 Å². The molecule has 0 atom stereocenters. The van der Waals surface area contributed by atoms with Gasteiger partial charge in [-0.2, -0.15) is 5.10 Å². The lowest BCUT2D eigenvalue weighted by Crippen LogP contribution is -1.96. The van der Waals surface area contributed by atoms with E-state index in [1.807, 2.05) is 28.8 Å². The van der Waals surface area contributed by atoms with Crippen molar-refractivity contribution in [2.75, 3.05) is 0 Å². The van der Waals surface area contributed by atoms with Crippen molar-refractivity contribution in [3.8, 4) is 11.3 Å². The predicted octanol–water partition coefficient (Wildman–Crippen LogP) is 2.40. The summed E-state index contributed by atoms with van der Waals surface area (Å²) in [5, 5.41) is 4.51. The van der Waals surface area contributed by atoms with Crippen molar-refractivity contribution in [1.82, 2.24) is 19.6 Å². The van der Waals surface area contributed by atoms with Gasteiger partial charge in [0.25, 0.3) is 0 Å². The van der Waals surface area contributed by atoms with Gasteiger partial charge in [0, 0.05) is 18.0 Å². The Bertz CT molecular complexity index is 633. The molecule has 0 aromatic carbocycles. The molecule has 4 nitrogen and oxygen atoms in total. The monoisotopic (exact) mass is 322 g/mol. The molecule has 0 aliphatic heterocycles. The maximum absolute atomic E-state index is 4.51. The molecule has 3 aromatic heterocycles. The number of hydrogen-bond acceptors (Lipinski definition) is 3. The van der Waals surface area contributed by atoms with Crippen molar-refractivity contribution in [2.45, 2.75) is 0 Å². The van der Waals surface area contributed by atoms with Crippen LogP contribution < -0.4 is 0 Å². The summed E-state index contributed by atoms with van der Waals surface area (Å²) in [4.78, 5) is 8.31. The fourth-order valence-electron chi connectivity index (χ4n) is 1.51. The maximum Gasteiger partial charge on any atom is 0.154 e. The van der Waals surface area contributed by atoms with Crippen molar-refractivity contribution >= 4 is 28.2 Å². The highest BCUT2D eigenvalue weighted by Gasteiger charge is 2.04. The van der Waals surface area contributed by atoms with E-state index < -0.39 is 0 Å². The Morgan fingerprint density at radius 1 is 1.12 bits per heavy atom. The summed E-state index contributed by atoms with van der Waals surface area (Å²) in [6.45, 7) is 0. The zero-order chi connectivity index (χ0) is 11.0. The van der Waals surface area contributed by atoms with Gasteiger partial charge in [-0.25, -0.2) is 9.50 Å². The first-order valence-corrected chi connectivity index (χ1v) is 5.83. The van der Waals surface area contributed by atoms with Gasteiger partial charge in [0.15, 0.2) is 5.65 Å². The normalized spacial score (nSPS) is 10.8. The fourth-order valence-corrected chi connectivity index (χ4v) is 2.01. The first-order valence-electron chi connectivity index (χ1n) is 4.75. The third-order valence-corrected chi connectivity index (χ3v) is 3.01. The van der Waals surface area contributed by atoms with E-state index in [-0.39, 0.29) is 0 Å². The van der Waals surface area contributed by atoms with Crippen molar-refractivity contribution in [1.29, 1.82) is 0 Å². The van der Waals surface area contributed by atoms with Gasteiger partial charge in [-0.3, -0.25) is 4.98 Å². The number of nitrogens with zero attached hydrogens (tertiary/aromatic N) is 4.